The van der Waals surface area contributed by atoms with Crippen LogP contribution in [0.15, 0.2) is 35.9 Å². The highest BCUT2D eigenvalue weighted by Crippen LogP contribution is 2.19. The fraction of sp³-hybridized carbons (Fsp3) is 0.500. The molecule has 1 aromatic rings. The molecule has 136 valence electrons. The number of nitrogens with one attached hydrogen (secondary N) is 2. The maximum atomic E-state index is 11.8. The van der Waals surface area contributed by atoms with Crippen molar-refractivity contribution in [2.75, 3.05) is 20.2 Å². The Balaban J connectivity index is 1.59. The summed E-state index contributed by atoms with van der Waals surface area (Å²) < 4.78 is 5.17. The van der Waals surface area contributed by atoms with Gasteiger partial charge in [0.25, 0.3) is 0 Å². The SMILES string of the molecule is COc1cccc(CCNC(=O)CC(=O)NCCC2=CCCCC2)c1. The minimum absolute atomic E-state index is 0.114. The van der Waals surface area contributed by atoms with Crippen molar-refractivity contribution < 1.29 is 14.3 Å². The van der Waals surface area contributed by atoms with Crippen LogP contribution in [0.25, 0.3) is 0 Å². The van der Waals surface area contributed by atoms with Crippen LogP contribution in [0.5, 0.6) is 5.75 Å². The highest BCUT2D eigenvalue weighted by Gasteiger charge is 2.09. The normalized spacial score (nSPS) is 13.7. The first-order valence-electron chi connectivity index (χ1n) is 9.01. The van der Waals surface area contributed by atoms with Gasteiger partial charge in [-0.25, -0.2) is 0 Å². The van der Waals surface area contributed by atoms with Gasteiger partial charge in [-0.05, 0) is 56.2 Å². The number of rotatable bonds is 9. The summed E-state index contributed by atoms with van der Waals surface area (Å²) in [6.07, 6.45) is 8.57. The van der Waals surface area contributed by atoms with Crippen LogP contribution in [-0.4, -0.2) is 32.0 Å². The summed E-state index contributed by atoms with van der Waals surface area (Å²) in [6, 6.07) is 7.74. The van der Waals surface area contributed by atoms with Crippen molar-refractivity contribution in [2.24, 2.45) is 0 Å². The van der Waals surface area contributed by atoms with Crippen LogP contribution >= 0.6 is 0 Å². The summed E-state index contributed by atoms with van der Waals surface area (Å²) in [4.78, 5) is 23.6. The van der Waals surface area contributed by atoms with Crippen molar-refractivity contribution in [1.29, 1.82) is 0 Å². The highest BCUT2D eigenvalue weighted by molar-refractivity contribution is 5.96. The average molecular weight is 344 g/mol. The van der Waals surface area contributed by atoms with Crippen molar-refractivity contribution in [3.8, 4) is 5.75 Å². The molecule has 1 aliphatic rings. The van der Waals surface area contributed by atoms with Gasteiger partial charge in [-0.15, -0.1) is 0 Å². The lowest BCUT2D eigenvalue weighted by Gasteiger charge is -2.13. The van der Waals surface area contributed by atoms with E-state index in [1.54, 1.807) is 7.11 Å². The van der Waals surface area contributed by atoms with Crippen molar-refractivity contribution >= 4 is 11.8 Å². The van der Waals surface area contributed by atoms with E-state index >= 15 is 0 Å². The third-order valence-electron chi connectivity index (χ3n) is 4.34. The van der Waals surface area contributed by atoms with Crippen molar-refractivity contribution in [3.05, 3.63) is 41.5 Å². The summed E-state index contributed by atoms with van der Waals surface area (Å²) in [6.45, 7) is 1.12. The fourth-order valence-corrected chi connectivity index (χ4v) is 2.94. The minimum Gasteiger partial charge on any atom is -0.497 e. The molecule has 0 aliphatic heterocycles. The standard InChI is InChI=1S/C20H28N2O3/c1-25-18-9-5-8-17(14-18)11-13-22-20(24)15-19(23)21-12-10-16-6-3-2-4-7-16/h5-6,8-9,14H,2-4,7,10-13,15H2,1H3,(H,21,23)(H,22,24). The molecule has 0 saturated carbocycles. The Morgan fingerprint density at radius 1 is 1.08 bits per heavy atom. The van der Waals surface area contributed by atoms with E-state index in [-0.39, 0.29) is 18.2 Å². The van der Waals surface area contributed by atoms with Gasteiger partial charge in [-0.3, -0.25) is 9.59 Å². The Hall–Kier alpha value is -2.30. The number of amides is 2. The molecule has 2 amide bonds. The van der Waals surface area contributed by atoms with Gasteiger partial charge >= 0.3 is 0 Å². The molecule has 2 rings (SSSR count). The second kappa shape index (κ2) is 10.5. The Morgan fingerprint density at radius 3 is 2.52 bits per heavy atom. The molecule has 0 fully saturated rings. The van der Waals surface area contributed by atoms with E-state index in [0.717, 1.165) is 30.6 Å². The van der Waals surface area contributed by atoms with Crippen LogP contribution in [0.2, 0.25) is 0 Å². The molecule has 0 radical (unpaired) electrons. The van der Waals surface area contributed by atoms with E-state index in [1.165, 1.54) is 18.4 Å². The molecule has 0 saturated heterocycles. The molecule has 0 heterocycles. The van der Waals surface area contributed by atoms with Gasteiger partial charge in [0.1, 0.15) is 12.2 Å². The van der Waals surface area contributed by atoms with Crippen molar-refractivity contribution in [2.45, 2.75) is 44.9 Å². The number of ether oxygens (including phenoxy) is 1. The number of hydrogen-bond acceptors (Lipinski definition) is 3. The van der Waals surface area contributed by atoms with Gasteiger partial charge in [0, 0.05) is 13.1 Å². The first-order valence-corrected chi connectivity index (χ1v) is 9.01. The van der Waals surface area contributed by atoms with Crippen molar-refractivity contribution in [1.82, 2.24) is 10.6 Å². The molecule has 0 bridgehead atoms. The summed E-state index contributed by atoms with van der Waals surface area (Å²) >= 11 is 0. The predicted octanol–water partition coefficient (Wildman–Crippen LogP) is 2.75. The first-order chi connectivity index (χ1) is 12.2. The third kappa shape index (κ3) is 7.42. The predicted molar refractivity (Wildman–Crippen MR) is 98.5 cm³/mol. The zero-order valence-corrected chi connectivity index (χ0v) is 15.0. The number of carbonyl (C=O) groups excluding carboxylic acids is 2. The highest BCUT2D eigenvalue weighted by atomic mass is 16.5. The van der Waals surface area contributed by atoms with Crippen molar-refractivity contribution in [3.63, 3.8) is 0 Å². The first kappa shape index (κ1) is 19.0. The van der Waals surface area contributed by atoms with Crippen LogP contribution in [0.3, 0.4) is 0 Å². The molecule has 1 aromatic carbocycles. The fourth-order valence-electron chi connectivity index (χ4n) is 2.94. The van der Waals surface area contributed by atoms with Gasteiger partial charge in [0.05, 0.1) is 7.11 Å². The van der Waals surface area contributed by atoms with E-state index in [9.17, 15) is 9.59 Å². The smallest absolute Gasteiger partial charge is 0.229 e. The van der Waals surface area contributed by atoms with Gasteiger partial charge < -0.3 is 15.4 Å². The summed E-state index contributed by atoms with van der Waals surface area (Å²) in [5.41, 5.74) is 2.51. The summed E-state index contributed by atoms with van der Waals surface area (Å²) in [5.74, 6) is 0.351. The summed E-state index contributed by atoms with van der Waals surface area (Å²) in [5, 5.41) is 5.61. The molecule has 2 N–H and O–H groups in total. The van der Waals surface area contributed by atoms with Gasteiger partial charge in [-0.1, -0.05) is 23.8 Å². The minimum atomic E-state index is -0.239. The zero-order valence-electron chi connectivity index (χ0n) is 15.0. The number of methoxy groups -OCH3 is 1. The molecule has 5 nitrogen and oxygen atoms in total. The largest absolute Gasteiger partial charge is 0.497 e. The molecular formula is C20H28N2O3. The Morgan fingerprint density at radius 2 is 1.84 bits per heavy atom. The number of benzene rings is 1. The topological polar surface area (TPSA) is 67.4 Å². The molecule has 0 unspecified atom stereocenters. The van der Waals surface area contributed by atoms with Gasteiger partial charge in [-0.2, -0.15) is 0 Å². The number of allylic oxidation sites excluding steroid dienone is 1. The van der Waals surface area contributed by atoms with Crippen LogP contribution in [0.1, 0.15) is 44.1 Å². The molecule has 0 spiro atoms. The maximum Gasteiger partial charge on any atom is 0.229 e. The Kier molecular flexibility index (Phi) is 8.02. The quantitative estimate of drug-likeness (QED) is 0.535. The van der Waals surface area contributed by atoms with Crippen LogP contribution < -0.4 is 15.4 Å². The van der Waals surface area contributed by atoms with E-state index < -0.39 is 0 Å². The second-order valence-corrected chi connectivity index (χ2v) is 6.34. The Labute approximate surface area is 149 Å². The van der Waals surface area contributed by atoms with Crippen LogP contribution in [0.4, 0.5) is 0 Å². The lowest BCUT2D eigenvalue weighted by Crippen LogP contribution is -2.33. The molecule has 25 heavy (non-hydrogen) atoms. The zero-order chi connectivity index (χ0) is 17.9. The van der Waals surface area contributed by atoms with Crippen LogP contribution in [-0.2, 0) is 16.0 Å². The molecule has 1 aliphatic carbocycles. The van der Waals surface area contributed by atoms with Crippen LogP contribution in [0, 0.1) is 0 Å². The maximum absolute atomic E-state index is 11.8. The van der Waals surface area contributed by atoms with Gasteiger partial charge in [0.2, 0.25) is 11.8 Å². The monoisotopic (exact) mass is 344 g/mol. The summed E-state index contributed by atoms with van der Waals surface area (Å²) in [7, 11) is 1.63. The number of hydrogen-bond donors (Lipinski definition) is 2. The van der Waals surface area contributed by atoms with Gasteiger partial charge in [0.15, 0.2) is 0 Å². The van der Waals surface area contributed by atoms with E-state index in [4.69, 9.17) is 4.74 Å². The second-order valence-electron chi connectivity index (χ2n) is 6.34. The van der Waals surface area contributed by atoms with E-state index in [0.29, 0.717) is 19.5 Å². The van der Waals surface area contributed by atoms with E-state index in [1.807, 2.05) is 24.3 Å². The average Bonchev–Trinajstić information content (AvgIpc) is 2.63. The molecular weight excluding hydrogens is 316 g/mol. The van der Waals surface area contributed by atoms with E-state index in [2.05, 4.69) is 16.7 Å². The Bertz CT molecular complexity index is 611. The number of carbonyl (C=O) groups is 2. The molecule has 0 aromatic heterocycles. The lowest BCUT2D eigenvalue weighted by molar-refractivity contribution is -0.129. The molecule has 5 heteroatoms. The molecule has 0 atom stereocenters. The third-order valence-corrected chi connectivity index (χ3v) is 4.34. The lowest BCUT2D eigenvalue weighted by atomic mass is 9.97.